The van der Waals surface area contributed by atoms with Crippen LogP contribution >= 0.6 is 0 Å². The van der Waals surface area contributed by atoms with Crippen LogP contribution in [0.2, 0.25) is 0 Å². The highest BCUT2D eigenvalue weighted by atomic mass is 32.2. The molecule has 2 aromatic rings. The summed E-state index contributed by atoms with van der Waals surface area (Å²) in [7, 11) is -3.89. The van der Waals surface area contributed by atoms with E-state index in [0.29, 0.717) is 5.56 Å². The minimum absolute atomic E-state index is 0.130. The molecule has 1 fully saturated rings. The highest BCUT2D eigenvalue weighted by Gasteiger charge is 2.33. The molecule has 10 heteroatoms. The van der Waals surface area contributed by atoms with E-state index in [1.807, 2.05) is 24.3 Å². The van der Waals surface area contributed by atoms with Crippen molar-refractivity contribution in [1.29, 1.82) is 0 Å². The summed E-state index contributed by atoms with van der Waals surface area (Å²) >= 11 is 0. The Balaban J connectivity index is 1.74. The zero-order chi connectivity index (χ0) is 24.9. The molecule has 1 aliphatic heterocycles. The largest absolute Gasteiger partial charge is 0.350 e. The zero-order valence-electron chi connectivity index (χ0n) is 19.9. The number of nitrogens with zero attached hydrogens (tertiary/aromatic N) is 3. The summed E-state index contributed by atoms with van der Waals surface area (Å²) in [4.78, 5) is 26.2. The summed E-state index contributed by atoms with van der Waals surface area (Å²) < 4.78 is 26.4. The van der Waals surface area contributed by atoms with Crippen LogP contribution in [0.25, 0.3) is 0 Å². The summed E-state index contributed by atoms with van der Waals surface area (Å²) in [6.45, 7) is 6.78. The fourth-order valence-electron chi connectivity index (χ4n) is 4.25. The lowest BCUT2D eigenvalue weighted by atomic mass is 10.1. The topological polar surface area (TPSA) is 113 Å². The van der Waals surface area contributed by atoms with Gasteiger partial charge in [-0.1, -0.05) is 37.3 Å². The number of non-ortho nitro benzene ring substituents is 1. The van der Waals surface area contributed by atoms with Crippen molar-refractivity contribution in [3.63, 3.8) is 0 Å². The van der Waals surface area contributed by atoms with Crippen LogP contribution in [0.15, 0.2) is 42.5 Å². The first kappa shape index (κ1) is 25.6. The number of hydrogen-bond donors (Lipinski definition) is 1. The lowest BCUT2D eigenvalue weighted by Gasteiger charge is -2.31. The van der Waals surface area contributed by atoms with E-state index in [0.717, 1.165) is 35.8 Å². The third kappa shape index (κ3) is 6.32. The molecule has 9 nitrogen and oxygen atoms in total. The quantitative estimate of drug-likeness (QED) is 0.405. The van der Waals surface area contributed by atoms with E-state index >= 15 is 0 Å². The van der Waals surface area contributed by atoms with Crippen LogP contribution in [0.4, 0.5) is 11.4 Å². The van der Waals surface area contributed by atoms with E-state index in [1.54, 1.807) is 13.8 Å². The van der Waals surface area contributed by atoms with Crippen LogP contribution in [-0.4, -0.2) is 49.5 Å². The first-order valence-electron chi connectivity index (χ1n) is 11.4. The summed E-state index contributed by atoms with van der Waals surface area (Å²) in [5, 5.41) is 14.1. The predicted octanol–water partition coefficient (Wildman–Crippen LogP) is 3.36. The third-order valence-corrected chi connectivity index (χ3v) is 7.23. The first-order chi connectivity index (χ1) is 16.1. The minimum atomic E-state index is -3.89. The maximum Gasteiger partial charge on any atom is 0.271 e. The number of nitro groups is 1. The fourth-order valence-corrected chi connectivity index (χ4v) is 5.51. The zero-order valence-corrected chi connectivity index (χ0v) is 20.7. The van der Waals surface area contributed by atoms with Crippen LogP contribution in [0.5, 0.6) is 0 Å². The Morgan fingerprint density at radius 2 is 1.76 bits per heavy atom. The number of rotatable bonds is 10. The van der Waals surface area contributed by atoms with Crippen molar-refractivity contribution in [2.24, 2.45) is 0 Å². The van der Waals surface area contributed by atoms with E-state index in [9.17, 15) is 23.3 Å². The highest BCUT2D eigenvalue weighted by Crippen LogP contribution is 2.30. The molecular weight excluding hydrogens is 456 g/mol. The molecule has 0 spiro atoms. The van der Waals surface area contributed by atoms with Gasteiger partial charge in [0.15, 0.2) is 0 Å². The standard InChI is InChI=1S/C24H32N4O5S/c1-4-22(27(34(3,32)33)23-15-21(28(30)31)12-7-18(23)2)24(29)25-16-19-8-10-20(11-9-19)17-26-13-5-6-14-26/h7-12,15,22H,4-6,13-14,16-17H2,1-3H3,(H,25,29)/t22-/m0/s1. The van der Waals surface area contributed by atoms with Crippen LogP contribution in [0.3, 0.4) is 0 Å². The number of anilines is 1. The monoisotopic (exact) mass is 488 g/mol. The highest BCUT2D eigenvalue weighted by molar-refractivity contribution is 7.92. The number of benzene rings is 2. The van der Waals surface area contributed by atoms with Gasteiger partial charge in [0.25, 0.3) is 5.69 Å². The van der Waals surface area contributed by atoms with Gasteiger partial charge in [0.1, 0.15) is 6.04 Å². The predicted molar refractivity (Wildman–Crippen MR) is 132 cm³/mol. The molecule has 0 radical (unpaired) electrons. The number of carbonyl (C=O) groups is 1. The minimum Gasteiger partial charge on any atom is -0.350 e. The SMILES string of the molecule is CC[C@@H](C(=O)NCc1ccc(CN2CCCC2)cc1)N(c1cc([N+](=O)[O-])ccc1C)S(C)(=O)=O. The van der Waals surface area contributed by atoms with Gasteiger partial charge in [-0.3, -0.25) is 24.1 Å². The summed E-state index contributed by atoms with van der Waals surface area (Å²) in [6.07, 6.45) is 3.68. The number of hydrogen-bond acceptors (Lipinski definition) is 6. The molecular formula is C24H32N4O5S. The molecule has 0 unspecified atom stereocenters. The Kier molecular flexibility index (Phi) is 8.27. The molecule has 1 atom stereocenters. The van der Waals surface area contributed by atoms with Crippen molar-refractivity contribution in [2.75, 3.05) is 23.7 Å². The second-order valence-corrected chi connectivity index (χ2v) is 10.6. The number of likely N-dealkylation sites (tertiary alicyclic amines) is 1. The van der Waals surface area contributed by atoms with E-state index < -0.39 is 26.9 Å². The fraction of sp³-hybridized carbons (Fsp3) is 0.458. The van der Waals surface area contributed by atoms with Crippen molar-refractivity contribution in [3.05, 3.63) is 69.3 Å². The number of amides is 1. The van der Waals surface area contributed by atoms with Crippen LogP contribution in [0, 0.1) is 17.0 Å². The van der Waals surface area contributed by atoms with E-state index in [1.165, 1.54) is 36.6 Å². The Labute approximate surface area is 201 Å². The van der Waals surface area contributed by atoms with Crippen LogP contribution in [-0.2, 0) is 27.9 Å². The maximum absolute atomic E-state index is 13.1. The average Bonchev–Trinajstić information content (AvgIpc) is 3.29. The van der Waals surface area contributed by atoms with Crippen molar-refractivity contribution in [2.45, 2.75) is 52.2 Å². The molecule has 0 aliphatic carbocycles. The molecule has 1 aliphatic rings. The maximum atomic E-state index is 13.1. The molecule has 1 heterocycles. The third-order valence-electron chi connectivity index (χ3n) is 6.07. The molecule has 1 amide bonds. The summed E-state index contributed by atoms with van der Waals surface area (Å²) in [6, 6.07) is 11.0. The van der Waals surface area contributed by atoms with Gasteiger partial charge in [0.05, 0.1) is 16.9 Å². The molecule has 2 aromatic carbocycles. The molecule has 34 heavy (non-hydrogen) atoms. The second kappa shape index (κ2) is 11.0. The van der Waals surface area contributed by atoms with Crippen molar-refractivity contribution in [1.82, 2.24) is 10.2 Å². The van der Waals surface area contributed by atoms with Gasteiger partial charge in [-0.05, 0) is 56.0 Å². The van der Waals surface area contributed by atoms with E-state index in [-0.39, 0.29) is 24.3 Å². The molecule has 1 N–H and O–H groups in total. The number of carbonyl (C=O) groups excluding carboxylic acids is 1. The Morgan fingerprint density at radius 3 is 2.32 bits per heavy atom. The van der Waals surface area contributed by atoms with Gasteiger partial charge in [-0.2, -0.15) is 0 Å². The lowest BCUT2D eigenvalue weighted by Crippen LogP contribution is -2.49. The van der Waals surface area contributed by atoms with Gasteiger partial charge < -0.3 is 5.32 Å². The Bertz CT molecular complexity index is 1130. The number of nitrogens with one attached hydrogen (secondary N) is 1. The van der Waals surface area contributed by atoms with Crippen molar-refractivity contribution >= 4 is 27.3 Å². The van der Waals surface area contributed by atoms with Gasteiger partial charge in [-0.25, -0.2) is 8.42 Å². The Hall–Kier alpha value is -2.98. The van der Waals surface area contributed by atoms with Gasteiger partial charge in [0, 0.05) is 25.2 Å². The Morgan fingerprint density at radius 1 is 1.15 bits per heavy atom. The lowest BCUT2D eigenvalue weighted by molar-refractivity contribution is -0.384. The number of nitro benzene ring substituents is 1. The van der Waals surface area contributed by atoms with Crippen molar-refractivity contribution in [3.8, 4) is 0 Å². The first-order valence-corrected chi connectivity index (χ1v) is 13.3. The normalized spacial score (nSPS) is 15.1. The van der Waals surface area contributed by atoms with Gasteiger partial charge in [-0.15, -0.1) is 0 Å². The molecule has 0 saturated carbocycles. The molecule has 1 saturated heterocycles. The summed E-state index contributed by atoms with van der Waals surface area (Å²) in [5.41, 5.74) is 2.54. The summed E-state index contributed by atoms with van der Waals surface area (Å²) in [5.74, 6) is -0.458. The molecule has 0 aromatic heterocycles. The average molecular weight is 489 g/mol. The molecule has 184 valence electrons. The van der Waals surface area contributed by atoms with Crippen LogP contribution in [0.1, 0.15) is 42.9 Å². The van der Waals surface area contributed by atoms with E-state index in [4.69, 9.17) is 0 Å². The molecule has 3 rings (SSSR count). The number of aryl methyl sites for hydroxylation is 1. The number of sulfonamides is 1. The van der Waals surface area contributed by atoms with Gasteiger partial charge >= 0.3 is 0 Å². The van der Waals surface area contributed by atoms with Crippen molar-refractivity contribution < 1.29 is 18.1 Å². The molecule has 0 bridgehead atoms. The smallest absolute Gasteiger partial charge is 0.271 e. The van der Waals surface area contributed by atoms with Crippen LogP contribution < -0.4 is 9.62 Å². The van der Waals surface area contributed by atoms with E-state index in [2.05, 4.69) is 10.2 Å². The second-order valence-electron chi connectivity index (χ2n) is 8.73. The van der Waals surface area contributed by atoms with Gasteiger partial charge in [0.2, 0.25) is 15.9 Å².